The third-order valence-electron chi connectivity index (χ3n) is 3.95. The Morgan fingerprint density at radius 2 is 1.77 bits per heavy atom. The largest absolute Gasteiger partial charge is 0.498 e. The number of nitrogens with zero attached hydrogens (tertiary/aromatic N) is 2. The van der Waals surface area contributed by atoms with Crippen LogP contribution in [0.1, 0.15) is 27.7 Å². The van der Waals surface area contributed by atoms with Gasteiger partial charge in [-0.1, -0.05) is 11.6 Å². The van der Waals surface area contributed by atoms with E-state index in [1.165, 1.54) is 10.8 Å². The summed E-state index contributed by atoms with van der Waals surface area (Å²) in [6, 6.07) is 0. The maximum Gasteiger partial charge on any atom is 0.498 e. The van der Waals surface area contributed by atoms with E-state index < -0.39 is 18.3 Å². The van der Waals surface area contributed by atoms with Crippen molar-refractivity contribution >= 4 is 29.9 Å². The summed E-state index contributed by atoms with van der Waals surface area (Å²) < 4.78 is 13.4. The minimum absolute atomic E-state index is 0.0483. The lowest BCUT2D eigenvalue weighted by molar-refractivity contribution is 0.00578. The molecular weight excluding hydrogens is 304 g/mol. The zero-order valence-corrected chi connectivity index (χ0v) is 13.9. The van der Waals surface area contributed by atoms with E-state index in [4.69, 9.17) is 38.1 Å². The van der Waals surface area contributed by atoms with Crippen LogP contribution in [0.4, 0.5) is 0 Å². The van der Waals surface area contributed by atoms with E-state index in [-0.39, 0.29) is 11.0 Å². The number of rotatable bonds is 3. The van der Waals surface area contributed by atoms with Crippen LogP contribution >= 0.6 is 11.6 Å². The van der Waals surface area contributed by atoms with Crippen LogP contribution in [-0.4, -0.2) is 28.1 Å². The first-order chi connectivity index (χ1) is 10.0. The molecule has 2 heterocycles. The molecule has 0 saturated carbocycles. The van der Waals surface area contributed by atoms with Crippen molar-refractivity contribution in [1.82, 2.24) is 9.78 Å². The first-order valence-corrected chi connectivity index (χ1v) is 7.20. The predicted molar refractivity (Wildman–Crippen MR) is 87.7 cm³/mol. The fourth-order valence-corrected chi connectivity index (χ4v) is 2.09. The van der Waals surface area contributed by atoms with Gasteiger partial charge in [0.1, 0.15) is 16.7 Å². The number of aromatic nitrogens is 2. The van der Waals surface area contributed by atoms with E-state index in [9.17, 15) is 0 Å². The SMILES string of the molecule is CC1(C)OB(c2cnn(C(/C=C(\N)Cl)=C(N)N)c2)OC1(C)C. The minimum atomic E-state index is -0.517. The zero-order chi connectivity index (χ0) is 16.7. The van der Waals surface area contributed by atoms with Crippen molar-refractivity contribution in [2.45, 2.75) is 38.9 Å². The van der Waals surface area contributed by atoms with Crippen molar-refractivity contribution in [3.63, 3.8) is 0 Å². The molecule has 1 aliphatic heterocycles. The summed E-state index contributed by atoms with van der Waals surface area (Å²) in [5, 5.41) is 4.26. The third kappa shape index (κ3) is 3.09. The third-order valence-corrected chi connectivity index (χ3v) is 4.05. The number of hydrogen-bond acceptors (Lipinski definition) is 6. The molecule has 1 fully saturated rings. The first kappa shape index (κ1) is 16.7. The predicted octanol–water partition coefficient (Wildman–Crippen LogP) is 0.265. The Labute approximate surface area is 135 Å². The van der Waals surface area contributed by atoms with Gasteiger partial charge in [0.15, 0.2) is 0 Å². The Morgan fingerprint density at radius 1 is 1.23 bits per heavy atom. The van der Waals surface area contributed by atoms with E-state index >= 15 is 0 Å². The molecule has 1 aliphatic rings. The van der Waals surface area contributed by atoms with Crippen LogP contribution in [0.3, 0.4) is 0 Å². The standard InChI is InChI=1S/C13H21BClN5O2/c1-12(2)13(3,4)22-14(21-12)8-6-19-20(7-8)9(11(17)18)5-10(15)16/h5-7H,16-18H2,1-4H3/b10-5-. The van der Waals surface area contributed by atoms with Crippen molar-refractivity contribution in [1.29, 1.82) is 0 Å². The summed E-state index contributed by atoms with van der Waals surface area (Å²) in [6.07, 6.45) is 4.77. The average molecular weight is 326 g/mol. The second-order valence-corrected chi connectivity index (χ2v) is 6.61. The van der Waals surface area contributed by atoms with Gasteiger partial charge in [0.2, 0.25) is 0 Å². The van der Waals surface area contributed by atoms with Crippen molar-refractivity contribution in [3.8, 4) is 0 Å². The molecule has 7 nitrogen and oxygen atoms in total. The molecule has 22 heavy (non-hydrogen) atoms. The van der Waals surface area contributed by atoms with Gasteiger partial charge in [0.05, 0.1) is 11.2 Å². The highest BCUT2D eigenvalue weighted by Crippen LogP contribution is 2.36. The molecule has 9 heteroatoms. The second kappa shape index (κ2) is 5.53. The smallest absolute Gasteiger partial charge is 0.399 e. The molecule has 0 aliphatic carbocycles. The first-order valence-electron chi connectivity index (χ1n) is 6.82. The van der Waals surface area contributed by atoms with Gasteiger partial charge in [-0.3, -0.25) is 0 Å². The molecule has 120 valence electrons. The Morgan fingerprint density at radius 3 is 2.23 bits per heavy atom. The fourth-order valence-electron chi connectivity index (χ4n) is 1.98. The molecule has 0 aromatic carbocycles. The Kier molecular flexibility index (Phi) is 4.21. The maximum atomic E-state index is 5.96. The van der Waals surface area contributed by atoms with E-state index in [0.29, 0.717) is 5.70 Å². The number of nitrogens with two attached hydrogens (primary N) is 3. The van der Waals surface area contributed by atoms with Crippen molar-refractivity contribution in [2.24, 2.45) is 17.2 Å². The lowest BCUT2D eigenvalue weighted by Crippen LogP contribution is -2.41. The van der Waals surface area contributed by atoms with Crippen molar-refractivity contribution in [2.75, 3.05) is 0 Å². The quantitative estimate of drug-likeness (QED) is 0.417. The lowest BCUT2D eigenvalue weighted by Gasteiger charge is -2.32. The highest BCUT2D eigenvalue weighted by Gasteiger charge is 2.52. The molecule has 6 N–H and O–H groups in total. The van der Waals surface area contributed by atoms with E-state index in [1.54, 1.807) is 12.4 Å². The summed E-state index contributed by atoms with van der Waals surface area (Å²) >= 11 is 5.68. The van der Waals surface area contributed by atoms with Gasteiger partial charge in [0, 0.05) is 23.9 Å². The van der Waals surface area contributed by atoms with Crippen molar-refractivity contribution in [3.05, 3.63) is 29.4 Å². The zero-order valence-electron chi connectivity index (χ0n) is 13.1. The van der Waals surface area contributed by atoms with Crippen LogP contribution in [0.15, 0.2) is 29.4 Å². The van der Waals surface area contributed by atoms with Gasteiger partial charge in [-0.2, -0.15) is 5.10 Å². The van der Waals surface area contributed by atoms with E-state index in [1.807, 2.05) is 27.7 Å². The van der Waals surface area contributed by atoms with Gasteiger partial charge >= 0.3 is 7.12 Å². The summed E-state index contributed by atoms with van der Waals surface area (Å²) in [5.74, 6) is 0.0483. The van der Waals surface area contributed by atoms with Crippen LogP contribution in [0.5, 0.6) is 0 Å². The minimum Gasteiger partial charge on any atom is -0.399 e. The molecule has 0 unspecified atom stereocenters. The monoisotopic (exact) mass is 325 g/mol. The molecule has 0 radical (unpaired) electrons. The normalized spacial score (nSPS) is 20.2. The molecule has 1 saturated heterocycles. The maximum absolute atomic E-state index is 5.96. The van der Waals surface area contributed by atoms with Gasteiger partial charge in [-0.05, 0) is 27.7 Å². The number of allylic oxidation sites excluding steroid dienone is 2. The van der Waals surface area contributed by atoms with Crippen LogP contribution in [0, 0.1) is 0 Å². The lowest BCUT2D eigenvalue weighted by atomic mass is 9.82. The van der Waals surface area contributed by atoms with Gasteiger partial charge in [-0.15, -0.1) is 0 Å². The topological polar surface area (TPSA) is 114 Å². The highest BCUT2D eigenvalue weighted by molar-refractivity contribution is 6.62. The summed E-state index contributed by atoms with van der Waals surface area (Å²) in [7, 11) is -0.517. The molecule has 0 spiro atoms. The molecular formula is C13H21BClN5O2. The molecule has 0 bridgehead atoms. The van der Waals surface area contributed by atoms with Crippen LogP contribution in [-0.2, 0) is 9.31 Å². The molecule has 1 aromatic heterocycles. The Balaban J connectivity index is 2.30. The molecule has 1 aromatic rings. The van der Waals surface area contributed by atoms with Crippen LogP contribution < -0.4 is 22.7 Å². The second-order valence-electron chi connectivity index (χ2n) is 6.18. The van der Waals surface area contributed by atoms with E-state index in [2.05, 4.69) is 5.10 Å². The number of hydrogen-bond donors (Lipinski definition) is 3. The van der Waals surface area contributed by atoms with Crippen LogP contribution in [0.25, 0.3) is 5.70 Å². The Bertz CT molecular complexity index is 614. The summed E-state index contributed by atoms with van der Waals surface area (Å²) in [5.41, 5.74) is 17.0. The number of halogens is 1. The fraction of sp³-hybridized carbons (Fsp3) is 0.462. The molecule has 0 atom stereocenters. The Hall–Kier alpha value is -1.64. The van der Waals surface area contributed by atoms with Gasteiger partial charge in [-0.25, -0.2) is 4.68 Å². The highest BCUT2D eigenvalue weighted by atomic mass is 35.5. The van der Waals surface area contributed by atoms with Crippen LogP contribution in [0.2, 0.25) is 0 Å². The van der Waals surface area contributed by atoms with Gasteiger partial charge in [0.25, 0.3) is 0 Å². The average Bonchev–Trinajstić information content (AvgIpc) is 2.89. The molecule has 2 rings (SSSR count). The van der Waals surface area contributed by atoms with Gasteiger partial charge < -0.3 is 26.5 Å². The van der Waals surface area contributed by atoms with Crippen molar-refractivity contribution < 1.29 is 9.31 Å². The summed E-state index contributed by atoms with van der Waals surface area (Å²) in [6.45, 7) is 7.93. The summed E-state index contributed by atoms with van der Waals surface area (Å²) in [4.78, 5) is 0. The van der Waals surface area contributed by atoms with E-state index in [0.717, 1.165) is 5.46 Å². The molecule has 0 amide bonds.